The van der Waals surface area contributed by atoms with Crippen molar-refractivity contribution in [2.45, 2.75) is 12.8 Å². The summed E-state index contributed by atoms with van der Waals surface area (Å²) in [6, 6.07) is 14.2. The number of hydrazine groups is 1. The van der Waals surface area contributed by atoms with E-state index in [0.717, 1.165) is 0 Å². The molecule has 1 atom stereocenters. The molecule has 1 aromatic heterocycles. The molecule has 116 valence electrons. The highest BCUT2D eigenvalue weighted by Gasteiger charge is 2.23. The standard InChI is InChI=1S/C15H18N4O2S/c1-12(14-9-5-6-10-17-14)11-22(20,21)15(19-16)18-13-7-3-2-4-8-13/h2-10,12H,11,16H2,1H3,(H,18,19). The van der Waals surface area contributed by atoms with Gasteiger partial charge in [-0.25, -0.2) is 19.3 Å². The SMILES string of the molecule is CC(CS(=O)(=O)C(=Nc1ccccc1)NN)c1ccccn1. The van der Waals surface area contributed by atoms with E-state index in [1.54, 1.807) is 49.5 Å². The average Bonchev–Trinajstić information content (AvgIpc) is 2.54. The summed E-state index contributed by atoms with van der Waals surface area (Å²) < 4.78 is 24.9. The maximum atomic E-state index is 12.4. The first-order chi connectivity index (χ1) is 10.5. The molecule has 0 saturated carbocycles. The van der Waals surface area contributed by atoms with Gasteiger partial charge < -0.3 is 0 Å². The summed E-state index contributed by atoms with van der Waals surface area (Å²) in [7, 11) is -3.64. The van der Waals surface area contributed by atoms with Gasteiger partial charge in [-0.3, -0.25) is 10.4 Å². The molecular formula is C15H18N4O2S. The Hall–Kier alpha value is -2.25. The lowest BCUT2D eigenvalue weighted by molar-refractivity contribution is 0.599. The number of pyridine rings is 1. The molecule has 1 aromatic carbocycles. The lowest BCUT2D eigenvalue weighted by atomic mass is 10.1. The van der Waals surface area contributed by atoms with Crippen molar-refractivity contribution in [3.05, 3.63) is 60.4 Å². The summed E-state index contributed by atoms with van der Waals surface area (Å²) in [5, 5.41) is -0.249. The Bertz CT molecular complexity index is 731. The first kappa shape index (κ1) is 16.1. The molecule has 0 saturated heterocycles. The molecule has 1 unspecified atom stereocenters. The van der Waals surface area contributed by atoms with Gasteiger partial charge in [0.25, 0.3) is 0 Å². The quantitative estimate of drug-likeness (QED) is 0.387. The van der Waals surface area contributed by atoms with Gasteiger partial charge in [-0.2, -0.15) is 0 Å². The molecule has 3 N–H and O–H groups in total. The third-order valence-corrected chi connectivity index (χ3v) is 4.80. The van der Waals surface area contributed by atoms with Gasteiger partial charge in [0.05, 0.1) is 11.4 Å². The van der Waals surface area contributed by atoms with Crippen molar-refractivity contribution in [3.8, 4) is 0 Å². The van der Waals surface area contributed by atoms with Gasteiger partial charge in [-0.05, 0) is 24.3 Å². The van der Waals surface area contributed by atoms with E-state index in [2.05, 4.69) is 15.4 Å². The number of rotatable bonds is 4. The van der Waals surface area contributed by atoms with E-state index in [0.29, 0.717) is 11.4 Å². The lowest BCUT2D eigenvalue weighted by Crippen LogP contribution is -2.38. The highest BCUT2D eigenvalue weighted by atomic mass is 32.2. The summed E-state index contributed by atoms with van der Waals surface area (Å²) in [6.07, 6.45) is 1.64. The van der Waals surface area contributed by atoms with Crippen LogP contribution in [0.1, 0.15) is 18.5 Å². The molecular weight excluding hydrogens is 300 g/mol. The van der Waals surface area contributed by atoms with E-state index in [9.17, 15) is 8.42 Å². The van der Waals surface area contributed by atoms with E-state index in [1.807, 2.05) is 12.1 Å². The fourth-order valence-electron chi connectivity index (χ4n) is 1.97. The van der Waals surface area contributed by atoms with E-state index < -0.39 is 9.84 Å². The van der Waals surface area contributed by atoms with Crippen LogP contribution >= 0.6 is 0 Å². The molecule has 2 rings (SSSR count). The Kier molecular flexibility index (Phi) is 5.24. The second-order valence-electron chi connectivity index (χ2n) is 4.83. The van der Waals surface area contributed by atoms with Crippen LogP contribution in [0.4, 0.5) is 5.69 Å². The predicted octanol–water partition coefficient (Wildman–Crippen LogP) is 1.75. The van der Waals surface area contributed by atoms with Crippen molar-refractivity contribution in [1.82, 2.24) is 10.4 Å². The number of nitrogens with one attached hydrogen (secondary N) is 1. The van der Waals surface area contributed by atoms with Crippen molar-refractivity contribution >= 4 is 20.7 Å². The van der Waals surface area contributed by atoms with Crippen molar-refractivity contribution in [2.24, 2.45) is 10.8 Å². The average molecular weight is 318 g/mol. The number of hydrogen-bond donors (Lipinski definition) is 2. The zero-order valence-electron chi connectivity index (χ0n) is 12.2. The number of amidine groups is 1. The fourth-order valence-corrected chi connectivity index (χ4v) is 3.38. The third-order valence-electron chi connectivity index (χ3n) is 3.07. The van der Waals surface area contributed by atoms with Gasteiger partial charge in [-0.15, -0.1) is 0 Å². The summed E-state index contributed by atoms with van der Waals surface area (Å²) in [5.41, 5.74) is 3.42. The number of para-hydroxylation sites is 1. The molecule has 0 aliphatic rings. The van der Waals surface area contributed by atoms with Crippen LogP contribution in [-0.2, 0) is 9.84 Å². The van der Waals surface area contributed by atoms with Gasteiger partial charge in [-0.1, -0.05) is 31.2 Å². The summed E-state index contributed by atoms with van der Waals surface area (Å²) in [4.78, 5) is 8.24. The summed E-state index contributed by atoms with van der Waals surface area (Å²) in [6.45, 7) is 1.80. The Morgan fingerprint density at radius 3 is 2.50 bits per heavy atom. The van der Waals surface area contributed by atoms with Crippen LogP contribution in [0, 0.1) is 0 Å². The van der Waals surface area contributed by atoms with E-state index >= 15 is 0 Å². The first-order valence-corrected chi connectivity index (χ1v) is 8.42. The minimum absolute atomic E-state index is 0.125. The molecule has 22 heavy (non-hydrogen) atoms. The summed E-state index contributed by atoms with van der Waals surface area (Å²) >= 11 is 0. The van der Waals surface area contributed by atoms with Gasteiger partial charge in [0, 0.05) is 17.8 Å². The number of benzene rings is 1. The van der Waals surface area contributed by atoms with Gasteiger partial charge in [0.1, 0.15) is 0 Å². The van der Waals surface area contributed by atoms with Gasteiger partial charge in [0.2, 0.25) is 15.0 Å². The van der Waals surface area contributed by atoms with E-state index in [4.69, 9.17) is 5.84 Å². The Labute approximate surface area is 130 Å². The Morgan fingerprint density at radius 2 is 1.91 bits per heavy atom. The number of nitrogens with two attached hydrogens (primary N) is 1. The monoisotopic (exact) mass is 318 g/mol. The Balaban J connectivity index is 2.23. The van der Waals surface area contributed by atoms with Crippen LogP contribution in [0.25, 0.3) is 0 Å². The summed E-state index contributed by atoms with van der Waals surface area (Å²) in [5.74, 6) is 4.96. The molecule has 2 aromatic rings. The van der Waals surface area contributed by atoms with E-state index in [1.165, 1.54) is 0 Å². The van der Waals surface area contributed by atoms with E-state index in [-0.39, 0.29) is 16.8 Å². The smallest absolute Gasteiger partial charge is 0.235 e. The zero-order chi connectivity index (χ0) is 16.0. The molecule has 7 heteroatoms. The molecule has 0 aliphatic heterocycles. The van der Waals surface area contributed by atoms with Crippen molar-refractivity contribution in [1.29, 1.82) is 0 Å². The number of nitrogens with zero attached hydrogens (tertiary/aromatic N) is 2. The number of aliphatic imine (C=N–C) groups is 1. The lowest BCUT2D eigenvalue weighted by Gasteiger charge is -2.12. The fraction of sp³-hybridized carbons (Fsp3) is 0.200. The second kappa shape index (κ2) is 7.15. The number of sulfone groups is 1. The second-order valence-corrected chi connectivity index (χ2v) is 6.78. The van der Waals surface area contributed by atoms with Crippen LogP contribution in [0.3, 0.4) is 0 Å². The van der Waals surface area contributed by atoms with Crippen LogP contribution in [0.5, 0.6) is 0 Å². The molecule has 0 aliphatic carbocycles. The third kappa shape index (κ3) is 4.12. The zero-order valence-corrected chi connectivity index (χ0v) is 13.0. The molecule has 0 amide bonds. The van der Waals surface area contributed by atoms with Crippen molar-refractivity contribution in [3.63, 3.8) is 0 Å². The topological polar surface area (TPSA) is 97.4 Å². The molecule has 0 spiro atoms. The molecule has 0 radical (unpaired) electrons. The maximum Gasteiger partial charge on any atom is 0.235 e. The minimum atomic E-state index is -3.64. The number of aromatic nitrogens is 1. The van der Waals surface area contributed by atoms with Crippen molar-refractivity contribution < 1.29 is 8.42 Å². The predicted molar refractivity (Wildman–Crippen MR) is 87.3 cm³/mol. The van der Waals surface area contributed by atoms with Crippen LogP contribution in [0.2, 0.25) is 0 Å². The van der Waals surface area contributed by atoms with Gasteiger partial charge >= 0.3 is 0 Å². The van der Waals surface area contributed by atoms with Gasteiger partial charge in [0.15, 0.2) is 0 Å². The first-order valence-electron chi connectivity index (χ1n) is 6.77. The minimum Gasteiger partial charge on any atom is -0.299 e. The Morgan fingerprint density at radius 1 is 1.23 bits per heavy atom. The molecule has 6 nitrogen and oxygen atoms in total. The molecule has 0 bridgehead atoms. The number of hydrogen-bond acceptors (Lipinski definition) is 5. The normalized spacial score (nSPS) is 13.6. The van der Waals surface area contributed by atoms with Crippen LogP contribution in [-0.4, -0.2) is 24.3 Å². The largest absolute Gasteiger partial charge is 0.299 e. The van der Waals surface area contributed by atoms with Crippen LogP contribution in [0.15, 0.2) is 59.7 Å². The highest BCUT2D eigenvalue weighted by molar-refractivity contribution is 8.06. The molecule has 1 heterocycles. The van der Waals surface area contributed by atoms with Crippen LogP contribution < -0.4 is 11.3 Å². The molecule has 0 fully saturated rings. The van der Waals surface area contributed by atoms with Crippen molar-refractivity contribution in [2.75, 3.05) is 5.75 Å². The highest BCUT2D eigenvalue weighted by Crippen LogP contribution is 2.17. The maximum absolute atomic E-state index is 12.4.